The van der Waals surface area contributed by atoms with Crippen LogP contribution in [-0.4, -0.2) is 61.7 Å². The zero-order valence-corrected chi connectivity index (χ0v) is 15.7. The fraction of sp³-hybridized carbons (Fsp3) is 0.529. The van der Waals surface area contributed by atoms with E-state index in [2.05, 4.69) is 5.32 Å². The highest BCUT2D eigenvalue weighted by Gasteiger charge is 2.30. The molecule has 2 rings (SSSR count). The number of rotatable bonds is 4. The molecule has 1 N–H and O–H groups in total. The zero-order chi connectivity index (χ0) is 20.2. The number of carbonyl (C=O) groups is 2. The van der Waals surface area contributed by atoms with Crippen LogP contribution in [0.25, 0.3) is 0 Å². The summed E-state index contributed by atoms with van der Waals surface area (Å²) in [5.41, 5.74) is 0.0866. The van der Waals surface area contributed by atoms with Crippen molar-refractivity contribution in [2.45, 2.75) is 19.0 Å². The Labute approximate surface area is 160 Å². The van der Waals surface area contributed by atoms with Crippen LogP contribution in [-0.2, 0) is 4.79 Å². The lowest BCUT2D eigenvalue weighted by Crippen LogP contribution is -2.45. The van der Waals surface area contributed by atoms with Crippen LogP contribution in [0.4, 0.5) is 23.7 Å². The monoisotopic (exact) mass is 407 g/mol. The molecule has 10 heteroatoms. The molecule has 1 aromatic rings. The summed E-state index contributed by atoms with van der Waals surface area (Å²) in [6, 6.07) is 3.89. The number of amides is 3. The Balaban J connectivity index is 1.99. The molecule has 1 aliphatic heterocycles. The zero-order valence-electron chi connectivity index (χ0n) is 15.0. The van der Waals surface area contributed by atoms with Crippen molar-refractivity contribution >= 4 is 29.2 Å². The van der Waals surface area contributed by atoms with Crippen LogP contribution < -0.4 is 10.1 Å². The van der Waals surface area contributed by atoms with Gasteiger partial charge in [0.05, 0.1) is 5.69 Å². The molecule has 0 aromatic heterocycles. The maximum atomic E-state index is 12.5. The molecular weight excluding hydrogens is 387 g/mol. The van der Waals surface area contributed by atoms with Crippen LogP contribution >= 0.6 is 11.6 Å². The number of nitrogens with zero attached hydrogens (tertiary/aromatic N) is 2. The van der Waals surface area contributed by atoms with Gasteiger partial charge in [-0.2, -0.15) is 13.2 Å². The molecular formula is C17H21ClF3N3O3. The number of hydrogen-bond donors (Lipinski definition) is 1. The van der Waals surface area contributed by atoms with Gasteiger partial charge in [-0.25, -0.2) is 4.79 Å². The third-order valence-electron chi connectivity index (χ3n) is 4.11. The Morgan fingerprint density at radius 1 is 1.30 bits per heavy atom. The van der Waals surface area contributed by atoms with E-state index in [0.717, 1.165) is 0 Å². The molecule has 1 aliphatic rings. The van der Waals surface area contributed by atoms with E-state index in [9.17, 15) is 22.8 Å². The van der Waals surface area contributed by atoms with Crippen molar-refractivity contribution in [1.82, 2.24) is 9.80 Å². The van der Waals surface area contributed by atoms with Gasteiger partial charge in [-0.15, -0.1) is 0 Å². The van der Waals surface area contributed by atoms with E-state index in [1.165, 1.54) is 23.1 Å². The summed E-state index contributed by atoms with van der Waals surface area (Å²) in [6.45, 7) is -0.604. The Bertz CT molecular complexity index is 690. The van der Waals surface area contributed by atoms with Crippen molar-refractivity contribution in [2.75, 3.05) is 39.1 Å². The van der Waals surface area contributed by atoms with Gasteiger partial charge in [-0.1, -0.05) is 11.6 Å². The minimum atomic E-state index is -4.49. The standard InChI is InChI=1S/C17H21ClF3N3O3/c1-23(2)16(26)24-7-5-11(6-8-24)15(25)22-13-9-12(18)3-4-14(13)27-10-17(19,20)21/h3-4,9,11H,5-8,10H2,1-2H3,(H,22,25). The fourth-order valence-corrected chi connectivity index (χ4v) is 2.91. The summed E-state index contributed by atoms with van der Waals surface area (Å²) in [4.78, 5) is 27.5. The Hall–Kier alpha value is -2.16. The fourth-order valence-electron chi connectivity index (χ4n) is 2.74. The number of likely N-dealkylation sites (tertiary alicyclic amines) is 1. The van der Waals surface area contributed by atoms with Gasteiger partial charge in [0.2, 0.25) is 5.91 Å². The van der Waals surface area contributed by atoms with Crippen LogP contribution in [0.1, 0.15) is 12.8 Å². The summed E-state index contributed by atoms with van der Waals surface area (Å²) < 4.78 is 41.9. The van der Waals surface area contributed by atoms with Gasteiger partial charge in [0.15, 0.2) is 6.61 Å². The first kappa shape index (κ1) is 21.1. The van der Waals surface area contributed by atoms with Crippen LogP contribution in [0.3, 0.4) is 0 Å². The van der Waals surface area contributed by atoms with Crippen molar-refractivity contribution in [1.29, 1.82) is 0 Å². The second kappa shape index (κ2) is 8.69. The minimum Gasteiger partial charge on any atom is -0.482 e. The summed E-state index contributed by atoms with van der Waals surface area (Å²) >= 11 is 5.88. The number of hydrogen-bond acceptors (Lipinski definition) is 3. The molecule has 27 heavy (non-hydrogen) atoms. The molecule has 0 bridgehead atoms. The lowest BCUT2D eigenvalue weighted by atomic mass is 9.96. The van der Waals surface area contributed by atoms with E-state index in [1.54, 1.807) is 19.0 Å². The van der Waals surface area contributed by atoms with E-state index in [1.807, 2.05) is 0 Å². The summed E-state index contributed by atoms with van der Waals surface area (Å²) in [5.74, 6) is -0.804. The van der Waals surface area contributed by atoms with Crippen LogP contribution in [0.2, 0.25) is 5.02 Å². The summed E-state index contributed by atoms with van der Waals surface area (Å²) in [7, 11) is 3.31. The van der Waals surface area contributed by atoms with Gasteiger partial charge < -0.3 is 19.9 Å². The molecule has 150 valence electrons. The van der Waals surface area contributed by atoms with Crippen molar-refractivity contribution in [2.24, 2.45) is 5.92 Å². The maximum Gasteiger partial charge on any atom is 0.422 e. The Kier molecular flexibility index (Phi) is 6.80. The first-order valence-electron chi connectivity index (χ1n) is 8.33. The predicted molar refractivity (Wildman–Crippen MR) is 95.0 cm³/mol. The molecule has 3 amide bonds. The second-order valence-corrected chi connectivity index (χ2v) is 6.91. The first-order chi connectivity index (χ1) is 12.6. The van der Waals surface area contributed by atoms with Gasteiger partial charge in [0.1, 0.15) is 5.75 Å². The Morgan fingerprint density at radius 3 is 2.48 bits per heavy atom. The molecule has 1 fully saturated rings. The number of urea groups is 1. The summed E-state index contributed by atoms with van der Waals surface area (Å²) in [6.07, 6.45) is -3.57. The number of anilines is 1. The van der Waals surface area contributed by atoms with E-state index in [-0.39, 0.29) is 34.3 Å². The lowest BCUT2D eigenvalue weighted by molar-refractivity contribution is -0.153. The topological polar surface area (TPSA) is 61.9 Å². The molecule has 6 nitrogen and oxygen atoms in total. The highest BCUT2D eigenvalue weighted by Crippen LogP contribution is 2.31. The van der Waals surface area contributed by atoms with E-state index >= 15 is 0 Å². The third kappa shape index (κ3) is 6.20. The largest absolute Gasteiger partial charge is 0.482 e. The molecule has 0 atom stereocenters. The quantitative estimate of drug-likeness (QED) is 0.829. The van der Waals surface area contributed by atoms with Gasteiger partial charge >= 0.3 is 12.2 Å². The second-order valence-electron chi connectivity index (χ2n) is 6.47. The van der Waals surface area contributed by atoms with Crippen LogP contribution in [0.15, 0.2) is 18.2 Å². The van der Waals surface area contributed by atoms with Crippen molar-refractivity contribution in [3.63, 3.8) is 0 Å². The molecule has 1 aromatic carbocycles. The molecule has 0 unspecified atom stereocenters. The number of piperidine rings is 1. The molecule has 0 aliphatic carbocycles. The number of alkyl halides is 3. The number of halogens is 4. The molecule has 0 spiro atoms. The average molecular weight is 408 g/mol. The van der Waals surface area contributed by atoms with Gasteiger partial charge in [-0.3, -0.25) is 4.79 Å². The SMILES string of the molecule is CN(C)C(=O)N1CCC(C(=O)Nc2cc(Cl)ccc2OCC(F)(F)F)CC1. The first-order valence-corrected chi connectivity index (χ1v) is 8.71. The predicted octanol–water partition coefficient (Wildman–Crippen LogP) is 3.61. The number of nitrogens with one attached hydrogen (secondary N) is 1. The molecule has 0 radical (unpaired) electrons. The van der Waals surface area contributed by atoms with E-state index < -0.39 is 12.8 Å². The smallest absolute Gasteiger partial charge is 0.422 e. The van der Waals surface area contributed by atoms with E-state index in [0.29, 0.717) is 25.9 Å². The third-order valence-corrected chi connectivity index (χ3v) is 4.34. The Morgan fingerprint density at radius 2 is 1.93 bits per heavy atom. The lowest BCUT2D eigenvalue weighted by Gasteiger charge is -2.33. The molecule has 1 heterocycles. The minimum absolute atomic E-state index is 0.0866. The average Bonchev–Trinajstić information content (AvgIpc) is 2.59. The van der Waals surface area contributed by atoms with Crippen molar-refractivity contribution in [3.05, 3.63) is 23.2 Å². The molecule has 0 saturated carbocycles. The van der Waals surface area contributed by atoms with Gasteiger partial charge in [0, 0.05) is 38.1 Å². The number of benzene rings is 1. The summed E-state index contributed by atoms with van der Waals surface area (Å²) in [5, 5.41) is 2.85. The van der Waals surface area contributed by atoms with E-state index in [4.69, 9.17) is 16.3 Å². The van der Waals surface area contributed by atoms with Crippen LogP contribution in [0.5, 0.6) is 5.75 Å². The number of ether oxygens (including phenoxy) is 1. The van der Waals surface area contributed by atoms with Crippen molar-refractivity contribution < 1.29 is 27.5 Å². The van der Waals surface area contributed by atoms with Crippen LogP contribution in [0, 0.1) is 5.92 Å². The highest BCUT2D eigenvalue weighted by molar-refractivity contribution is 6.31. The molecule has 1 saturated heterocycles. The highest BCUT2D eigenvalue weighted by atomic mass is 35.5. The van der Waals surface area contributed by atoms with Gasteiger partial charge in [0.25, 0.3) is 0 Å². The van der Waals surface area contributed by atoms with Gasteiger partial charge in [-0.05, 0) is 31.0 Å². The van der Waals surface area contributed by atoms with Crippen molar-refractivity contribution in [3.8, 4) is 5.75 Å². The normalized spacial score (nSPS) is 15.4. The maximum absolute atomic E-state index is 12.5. The number of carbonyl (C=O) groups excluding carboxylic acids is 2.